The summed E-state index contributed by atoms with van der Waals surface area (Å²) in [5.74, 6) is 2.05. The third-order valence-electron chi connectivity index (χ3n) is 7.05. The predicted octanol–water partition coefficient (Wildman–Crippen LogP) is 2.43. The molecule has 3 heterocycles. The maximum absolute atomic E-state index is 12.9. The smallest absolute Gasteiger partial charge is 0.225 e. The summed E-state index contributed by atoms with van der Waals surface area (Å²) in [6.07, 6.45) is 6.37. The third kappa shape index (κ3) is 3.04. The zero-order valence-corrected chi connectivity index (χ0v) is 16.6. The number of aryl methyl sites for hydroxylation is 1. The van der Waals surface area contributed by atoms with E-state index in [1.165, 1.54) is 18.4 Å². The second-order valence-corrected chi connectivity index (χ2v) is 9.05. The van der Waals surface area contributed by atoms with Crippen LogP contribution in [0.5, 0.6) is 0 Å². The molecule has 3 fully saturated rings. The molecule has 1 amide bonds. The molecule has 0 N–H and O–H groups in total. The van der Waals surface area contributed by atoms with Crippen LogP contribution in [-0.2, 0) is 18.4 Å². The molecule has 3 aliphatic rings. The Bertz CT molecular complexity index is 836. The highest BCUT2D eigenvalue weighted by atomic mass is 16.2. The average Bonchev–Trinajstić information content (AvgIpc) is 3.40. The Hall–Kier alpha value is -2.21. The largest absolute Gasteiger partial charge is 0.341 e. The Balaban J connectivity index is 1.34. The highest BCUT2D eigenvalue weighted by molar-refractivity contribution is 5.80. The molecule has 2 saturated heterocycles. The fraction of sp³-hybridized carbons (Fsp3) is 0.591. The zero-order valence-electron chi connectivity index (χ0n) is 16.6. The van der Waals surface area contributed by atoms with E-state index in [9.17, 15) is 4.79 Å². The van der Waals surface area contributed by atoms with Gasteiger partial charge in [0.2, 0.25) is 5.91 Å². The molecule has 5 rings (SSSR count). The summed E-state index contributed by atoms with van der Waals surface area (Å²) in [6.45, 7) is 4.69. The first kappa shape index (κ1) is 17.9. The summed E-state index contributed by atoms with van der Waals surface area (Å²) in [5.41, 5.74) is 1.46. The molecule has 2 aromatic rings. The molecule has 6 heteroatoms. The standard InChI is InChI=1S/C22H29N5O/c1-25-16-23-24-20(25)19-12-26(11-17-7-3-2-4-8-17)13-22(19)14-27(15-22)21(28)18-9-5-6-10-18/h2-4,7-8,16,18-19H,5-6,9-15H2,1H3. The lowest BCUT2D eigenvalue weighted by molar-refractivity contribution is -0.148. The number of amides is 1. The van der Waals surface area contributed by atoms with Gasteiger partial charge in [-0.25, -0.2) is 0 Å². The van der Waals surface area contributed by atoms with Gasteiger partial charge in [0.15, 0.2) is 0 Å². The monoisotopic (exact) mass is 379 g/mol. The van der Waals surface area contributed by atoms with Crippen molar-refractivity contribution in [3.63, 3.8) is 0 Å². The first-order valence-corrected chi connectivity index (χ1v) is 10.5. The minimum Gasteiger partial charge on any atom is -0.341 e. The fourth-order valence-corrected chi connectivity index (χ4v) is 5.62. The van der Waals surface area contributed by atoms with Gasteiger partial charge in [0.1, 0.15) is 12.2 Å². The van der Waals surface area contributed by atoms with Crippen LogP contribution in [0.4, 0.5) is 0 Å². The lowest BCUT2D eigenvalue weighted by atomic mass is 9.70. The highest BCUT2D eigenvalue weighted by Gasteiger charge is 2.57. The van der Waals surface area contributed by atoms with E-state index in [1.807, 2.05) is 7.05 Å². The Morgan fingerprint density at radius 3 is 2.57 bits per heavy atom. The molecule has 1 aromatic heterocycles. The number of carbonyl (C=O) groups is 1. The molecule has 1 aliphatic carbocycles. The lowest BCUT2D eigenvalue weighted by Crippen LogP contribution is -2.62. The van der Waals surface area contributed by atoms with Gasteiger partial charge in [-0.15, -0.1) is 10.2 Å². The topological polar surface area (TPSA) is 54.3 Å². The van der Waals surface area contributed by atoms with Gasteiger partial charge in [-0.05, 0) is 18.4 Å². The first-order valence-electron chi connectivity index (χ1n) is 10.5. The van der Waals surface area contributed by atoms with Crippen molar-refractivity contribution < 1.29 is 4.79 Å². The van der Waals surface area contributed by atoms with Crippen LogP contribution in [0.3, 0.4) is 0 Å². The van der Waals surface area contributed by atoms with E-state index in [-0.39, 0.29) is 11.3 Å². The minimum absolute atomic E-state index is 0.115. The number of likely N-dealkylation sites (tertiary alicyclic amines) is 2. The normalized spacial score (nSPS) is 24.8. The molecule has 1 unspecified atom stereocenters. The number of nitrogens with zero attached hydrogens (tertiary/aromatic N) is 5. The predicted molar refractivity (Wildman–Crippen MR) is 106 cm³/mol. The van der Waals surface area contributed by atoms with E-state index in [2.05, 4.69) is 54.9 Å². The Kier molecular flexibility index (Phi) is 4.46. The molecule has 1 atom stereocenters. The maximum Gasteiger partial charge on any atom is 0.225 e. The van der Waals surface area contributed by atoms with Crippen molar-refractivity contribution in [2.75, 3.05) is 26.2 Å². The van der Waals surface area contributed by atoms with Crippen molar-refractivity contribution in [1.82, 2.24) is 24.6 Å². The number of hydrogen-bond donors (Lipinski definition) is 0. The van der Waals surface area contributed by atoms with E-state index in [1.54, 1.807) is 6.33 Å². The van der Waals surface area contributed by atoms with E-state index < -0.39 is 0 Å². The van der Waals surface area contributed by atoms with Crippen molar-refractivity contribution in [2.45, 2.75) is 38.1 Å². The van der Waals surface area contributed by atoms with Crippen LogP contribution in [0.2, 0.25) is 0 Å². The Labute approximate surface area is 166 Å². The van der Waals surface area contributed by atoms with Gasteiger partial charge in [-0.1, -0.05) is 43.2 Å². The molecule has 6 nitrogen and oxygen atoms in total. The Morgan fingerprint density at radius 2 is 1.89 bits per heavy atom. The van der Waals surface area contributed by atoms with Gasteiger partial charge in [0.25, 0.3) is 0 Å². The summed E-state index contributed by atoms with van der Waals surface area (Å²) in [6, 6.07) is 10.7. The second-order valence-electron chi connectivity index (χ2n) is 9.05. The molecule has 148 valence electrons. The number of hydrogen-bond acceptors (Lipinski definition) is 4. The van der Waals surface area contributed by atoms with Crippen molar-refractivity contribution in [3.8, 4) is 0 Å². The van der Waals surface area contributed by atoms with E-state index in [0.29, 0.717) is 11.8 Å². The van der Waals surface area contributed by atoms with E-state index >= 15 is 0 Å². The quantitative estimate of drug-likeness (QED) is 0.819. The molecule has 1 saturated carbocycles. The average molecular weight is 380 g/mol. The van der Waals surface area contributed by atoms with Gasteiger partial charge >= 0.3 is 0 Å². The molecule has 2 aliphatic heterocycles. The molecule has 0 bridgehead atoms. The summed E-state index contributed by atoms with van der Waals surface area (Å²) in [5, 5.41) is 8.58. The molecular weight excluding hydrogens is 350 g/mol. The third-order valence-corrected chi connectivity index (χ3v) is 7.05. The molecule has 1 spiro atoms. The number of benzene rings is 1. The van der Waals surface area contributed by atoms with Crippen molar-refractivity contribution in [1.29, 1.82) is 0 Å². The zero-order chi connectivity index (χ0) is 19.1. The van der Waals surface area contributed by atoms with Gasteiger partial charge in [0.05, 0.1) is 0 Å². The molecule has 0 radical (unpaired) electrons. The van der Waals surface area contributed by atoms with Crippen molar-refractivity contribution >= 4 is 5.91 Å². The number of aromatic nitrogens is 3. The van der Waals surface area contributed by atoms with Crippen LogP contribution in [-0.4, -0.2) is 56.7 Å². The van der Waals surface area contributed by atoms with E-state index in [4.69, 9.17) is 0 Å². The fourth-order valence-electron chi connectivity index (χ4n) is 5.62. The van der Waals surface area contributed by atoms with Crippen LogP contribution >= 0.6 is 0 Å². The van der Waals surface area contributed by atoms with Crippen LogP contribution in [0.1, 0.15) is 43.0 Å². The summed E-state index contributed by atoms with van der Waals surface area (Å²) in [4.78, 5) is 17.5. The van der Waals surface area contributed by atoms with Crippen LogP contribution in [0, 0.1) is 11.3 Å². The number of carbonyl (C=O) groups excluding carboxylic acids is 1. The summed E-state index contributed by atoms with van der Waals surface area (Å²) in [7, 11) is 2.03. The van der Waals surface area contributed by atoms with Crippen molar-refractivity contribution in [2.24, 2.45) is 18.4 Å². The molecule has 1 aromatic carbocycles. The van der Waals surface area contributed by atoms with Gasteiger partial charge in [0, 0.05) is 57.0 Å². The van der Waals surface area contributed by atoms with Crippen molar-refractivity contribution in [3.05, 3.63) is 48.0 Å². The first-order chi connectivity index (χ1) is 13.6. The number of rotatable bonds is 4. The van der Waals surface area contributed by atoms with Gasteiger partial charge in [-0.2, -0.15) is 0 Å². The molecular formula is C22H29N5O. The SMILES string of the molecule is Cn1cnnc1C1CN(Cc2ccccc2)CC12CN(C(=O)C1CCCC1)C2. The minimum atomic E-state index is 0.115. The highest BCUT2D eigenvalue weighted by Crippen LogP contribution is 2.49. The van der Waals surface area contributed by atoms with Crippen LogP contribution in [0.15, 0.2) is 36.7 Å². The summed E-state index contributed by atoms with van der Waals surface area (Å²) < 4.78 is 2.06. The van der Waals surface area contributed by atoms with Gasteiger partial charge in [-0.3, -0.25) is 9.69 Å². The molecule has 28 heavy (non-hydrogen) atoms. The second kappa shape index (κ2) is 6.99. The lowest BCUT2D eigenvalue weighted by Gasteiger charge is -2.51. The summed E-state index contributed by atoms with van der Waals surface area (Å²) >= 11 is 0. The van der Waals surface area contributed by atoms with Crippen LogP contribution < -0.4 is 0 Å². The van der Waals surface area contributed by atoms with Crippen LogP contribution in [0.25, 0.3) is 0 Å². The maximum atomic E-state index is 12.9. The Morgan fingerprint density at radius 1 is 1.14 bits per heavy atom. The van der Waals surface area contributed by atoms with E-state index in [0.717, 1.165) is 51.4 Å². The van der Waals surface area contributed by atoms with Gasteiger partial charge < -0.3 is 9.47 Å².